The van der Waals surface area contributed by atoms with Crippen LogP contribution in [0.3, 0.4) is 0 Å². The molecule has 0 aliphatic heterocycles. The van der Waals surface area contributed by atoms with Crippen LogP contribution in [0.15, 0.2) is 24.3 Å². The van der Waals surface area contributed by atoms with Crippen molar-refractivity contribution in [3.05, 3.63) is 35.4 Å². The van der Waals surface area contributed by atoms with E-state index in [-0.39, 0.29) is 0 Å². The van der Waals surface area contributed by atoms with Crippen LogP contribution in [0.4, 0.5) is 0 Å². The Balaban J connectivity index is 2.68. The molecule has 17 heavy (non-hydrogen) atoms. The molecule has 0 aliphatic carbocycles. The molecule has 0 amide bonds. The highest BCUT2D eigenvalue weighted by molar-refractivity contribution is 5.26. The summed E-state index contributed by atoms with van der Waals surface area (Å²) in [5.41, 5.74) is 2.90. The SMILES string of the molecule is CCCNC(Cc1ccccc1C)C(C)CC. The maximum absolute atomic E-state index is 3.70. The molecule has 1 nitrogen and oxygen atoms in total. The van der Waals surface area contributed by atoms with Crippen molar-refractivity contribution in [3.8, 4) is 0 Å². The molecule has 0 saturated heterocycles. The quantitative estimate of drug-likeness (QED) is 0.752. The van der Waals surface area contributed by atoms with Crippen LogP contribution < -0.4 is 5.32 Å². The van der Waals surface area contributed by atoms with Gasteiger partial charge in [0.1, 0.15) is 0 Å². The van der Waals surface area contributed by atoms with Crippen LogP contribution >= 0.6 is 0 Å². The first-order chi connectivity index (χ1) is 8.19. The minimum atomic E-state index is 0.612. The summed E-state index contributed by atoms with van der Waals surface area (Å²) >= 11 is 0. The van der Waals surface area contributed by atoms with Crippen LogP contribution in [0, 0.1) is 12.8 Å². The normalized spacial score (nSPS) is 14.6. The summed E-state index contributed by atoms with van der Waals surface area (Å²) in [7, 11) is 0. The fourth-order valence-electron chi connectivity index (χ4n) is 2.16. The Morgan fingerprint density at radius 2 is 1.88 bits per heavy atom. The Hall–Kier alpha value is -0.820. The second-order valence-corrected chi connectivity index (χ2v) is 5.08. The second-order valence-electron chi connectivity index (χ2n) is 5.08. The largest absolute Gasteiger partial charge is 0.313 e. The van der Waals surface area contributed by atoms with Crippen molar-refractivity contribution in [2.24, 2.45) is 5.92 Å². The van der Waals surface area contributed by atoms with Gasteiger partial charge in [-0.15, -0.1) is 0 Å². The molecule has 1 N–H and O–H groups in total. The molecule has 1 aromatic carbocycles. The van der Waals surface area contributed by atoms with Crippen molar-refractivity contribution in [1.29, 1.82) is 0 Å². The van der Waals surface area contributed by atoms with Crippen molar-refractivity contribution in [3.63, 3.8) is 0 Å². The summed E-state index contributed by atoms with van der Waals surface area (Å²) < 4.78 is 0. The second kappa shape index (κ2) is 7.50. The molecule has 0 aromatic heterocycles. The smallest absolute Gasteiger partial charge is 0.0133 e. The summed E-state index contributed by atoms with van der Waals surface area (Å²) in [5, 5.41) is 3.70. The number of nitrogens with one attached hydrogen (secondary N) is 1. The third-order valence-corrected chi connectivity index (χ3v) is 3.69. The average Bonchev–Trinajstić information content (AvgIpc) is 2.35. The van der Waals surface area contributed by atoms with E-state index >= 15 is 0 Å². The molecular formula is C16H27N. The highest BCUT2D eigenvalue weighted by Crippen LogP contribution is 2.16. The van der Waals surface area contributed by atoms with Gasteiger partial charge in [-0.1, -0.05) is 51.5 Å². The van der Waals surface area contributed by atoms with Gasteiger partial charge in [0.15, 0.2) is 0 Å². The van der Waals surface area contributed by atoms with Gasteiger partial charge < -0.3 is 5.32 Å². The van der Waals surface area contributed by atoms with Gasteiger partial charge in [-0.05, 0) is 43.4 Å². The maximum Gasteiger partial charge on any atom is 0.0133 e. The number of benzene rings is 1. The highest BCUT2D eigenvalue weighted by Gasteiger charge is 2.15. The summed E-state index contributed by atoms with van der Waals surface area (Å²) in [5.74, 6) is 0.737. The lowest BCUT2D eigenvalue weighted by Gasteiger charge is -2.25. The van der Waals surface area contributed by atoms with Crippen molar-refractivity contribution in [2.45, 2.75) is 53.0 Å². The van der Waals surface area contributed by atoms with Crippen molar-refractivity contribution < 1.29 is 0 Å². The average molecular weight is 233 g/mol. The van der Waals surface area contributed by atoms with E-state index in [4.69, 9.17) is 0 Å². The van der Waals surface area contributed by atoms with Gasteiger partial charge in [-0.25, -0.2) is 0 Å². The van der Waals surface area contributed by atoms with Crippen LogP contribution in [0.5, 0.6) is 0 Å². The summed E-state index contributed by atoms with van der Waals surface area (Å²) in [4.78, 5) is 0. The van der Waals surface area contributed by atoms with E-state index in [1.165, 1.54) is 24.0 Å². The van der Waals surface area contributed by atoms with E-state index < -0.39 is 0 Å². The minimum absolute atomic E-state index is 0.612. The van der Waals surface area contributed by atoms with Gasteiger partial charge in [0, 0.05) is 6.04 Å². The Bertz CT molecular complexity index is 319. The number of aryl methyl sites for hydroxylation is 1. The zero-order valence-corrected chi connectivity index (χ0v) is 11.8. The molecule has 96 valence electrons. The van der Waals surface area contributed by atoms with E-state index in [1.54, 1.807) is 0 Å². The van der Waals surface area contributed by atoms with E-state index in [1.807, 2.05) is 0 Å². The molecule has 0 aliphatic rings. The van der Waals surface area contributed by atoms with E-state index in [9.17, 15) is 0 Å². The van der Waals surface area contributed by atoms with Crippen LogP contribution in [0.25, 0.3) is 0 Å². The molecule has 1 heteroatoms. The molecule has 0 heterocycles. The molecular weight excluding hydrogens is 206 g/mol. The lowest BCUT2D eigenvalue weighted by atomic mass is 9.91. The van der Waals surface area contributed by atoms with E-state index in [0.717, 1.165) is 18.9 Å². The first kappa shape index (κ1) is 14.2. The summed E-state index contributed by atoms with van der Waals surface area (Å²) in [6.07, 6.45) is 3.61. The third-order valence-electron chi connectivity index (χ3n) is 3.69. The van der Waals surface area contributed by atoms with E-state index in [2.05, 4.69) is 57.3 Å². The molecule has 0 radical (unpaired) electrons. The van der Waals surface area contributed by atoms with Crippen LogP contribution in [0.1, 0.15) is 44.7 Å². The highest BCUT2D eigenvalue weighted by atomic mass is 14.9. The molecule has 1 rings (SSSR count). The predicted octanol–water partition coefficient (Wildman–Crippen LogP) is 3.95. The Morgan fingerprint density at radius 3 is 2.47 bits per heavy atom. The molecule has 0 saturated carbocycles. The number of rotatable bonds is 7. The van der Waals surface area contributed by atoms with Gasteiger partial charge in [0.2, 0.25) is 0 Å². The van der Waals surface area contributed by atoms with Crippen molar-refractivity contribution in [2.75, 3.05) is 6.54 Å². The standard InChI is InChI=1S/C16H27N/c1-5-11-17-16(13(3)6-2)12-15-10-8-7-9-14(15)4/h7-10,13,16-17H,5-6,11-12H2,1-4H3. The van der Waals surface area contributed by atoms with Crippen LogP contribution in [-0.2, 0) is 6.42 Å². The maximum atomic E-state index is 3.70. The molecule has 2 atom stereocenters. The minimum Gasteiger partial charge on any atom is -0.313 e. The molecule has 0 bridgehead atoms. The Morgan fingerprint density at radius 1 is 1.18 bits per heavy atom. The summed E-state index contributed by atoms with van der Waals surface area (Å²) in [6, 6.07) is 9.36. The van der Waals surface area contributed by atoms with Crippen LogP contribution in [0.2, 0.25) is 0 Å². The lowest BCUT2D eigenvalue weighted by Crippen LogP contribution is -2.37. The molecule has 0 spiro atoms. The van der Waals surface area contributed by atoms with Gasteiger partial charge >= 0.3 is 0 Å². The van der Waals surface area contributed by atoms with Gasteiger partial charge in [0.25, 0.3) is 0 Å². The number of hydrogen-bond donors (Lipinski definition) is 1. The van der Waals surface area contributed by atoms with Crippen molar-refractivity contribution >= 4 is 0 Å². The zero-order valence-electron chi connectivity index (χ0n) is 11.8. The monoisotopic (exact) mass is 233 g/mol. The van der Waals surface area contributed by atoms with E-state index in [0.29, 0.717) is 6.04 Å². The van der Waals surface area contributed by atoms with Crippen molar-refractivity contribution in [1.82, 2.24) is 5.32 Å². The molecule has 0 fully saturated rings. The lowest BCUT2D eigenvalue weighted by molar-refractivity contribution is 0.364. The fraction of sp³-hybridized carbons (Fsp3) is 0.625. The molecule has 2 unspecified atom stereocenters. The number of hydrogen-bond acceptors (Lipinski definition) is 1. The molecule has 1 aromatic rings. The predicted molar refractivity (Wildman–Crippen MR) is 76.4 cm³/mol. The van der Waals surface area contributed by atoms with Gasteiger partial charge in [-0.2, -0.15) is 0 Å². The Labute approximate surface area is 107 Å². The van der Waals surface area contributed by atoms with Crippen LogP contribution in [-0.4, -0.2) is 12.6 Å². The Kier molecular flexibility index (Phi) is 6.28. The topological polar surface area (TPSA) is 12.0 Å². The zero-order chi connectivity index (χ0) is 12.7. The van der Waals surface area contributed by atoms with Gasteiger partial charge in [0.05, 0.1) is 0 Å². The fourth-order valence-corrected chi connectivity index (χ4v) is 2.16. The summed E-state index contributed by atoms with van der Waals surface area (Å²) in [6.45, 7) is 10.2. The first-order valence-electron chi connectivity index (χ1n) is 6.96. The first-order valence-corrected chi connectivity index (χ1v) is 6.96. The van der Waals surface area contributed by atoms with Gasteiger partial charge in [-0.3, -0.25) is 0 Å². The third kappa shape index (κ3) is 4.51.